The van der Waals surface area contributed by atoms with Crippen molar-refractivity contribution in [3.63, 3.8) is 0 Å². The Morgan fingerprint density at radius 3 is 1.92 bits per heavy atom. The summed E-state index contributed by atoms with van der Waals surface area (Å²) in [6, 6.07) is 0.712. The largest absolute Gasteiger partial charge is 0.298 e. The molecule has 0 N–H and O–H groups in total. The lowest BCUT2D eigenvalue weighted by atomic mass is 10.1. The summed E-state index contributed by atoms with van der Waals surface area (Å²) in [5.41, 5.74) is 0.614. The van der Waals surface area contributed by atoms with Crippen molar-refractivity contribution in [3.8, 4) is 0 Å². The predicted octanol–water partition coefficient (Wildman–Crippen LogP) is 3.69. The van der Waals surface area contributed by atoms with Crippen molar-refractivity contribution in [1.29, 1.82) is 0 Å². The van der Waals surface area contributed by atoms with Crippen LogP contribution in [0.1, 0.15) is 60.3 Å². The van der Waals surface area contributed by atoms with Crippen LogP contribution in [0, 0.1) is 0 Å². The van der Waals surface area contributed by atoms with E-state index >= 15 is 0 Å². The fourth-order valence-corrected chi connectivity index (χ4v) is 1.94. The van der Waals surface area contributed by atoms with Crippen molar-refractivity contribution in [1.82, 2.24) is 4.90 Å². The van der Waals surface area contributed by atoms with Gasteiger partial charge in [0.2, 0.25) is 0 Å². The molecule has 80 valence electrons. The monoisotopic (exact) mass is 185 g/mol. The minimum Gasteiger partial charge on any atom is -0.298 e. The Labute approximate surface area is 84.5 Å². The van der Waals surface area contributed by atoms with E-state index < -0.39 is 0 Å². The molecule has 1 saturated carbocycles. The van der Waals surface area contributed by atoms with E-state index in [1.807, 2.05) is 13.8 Å². The van der Waals surface area contributed by atoms with Gasteiger partial charge in [-0.05, 0) is 40.2 Å². The third-order valence-corrected chi connectivity index (χ3v) is 3.07. The van der Waals surface area contributed by atoms with Gasteiger partial charge in [0.1, 0.15) is 0 Å². The molecule has 1 heteroatoms. The van der Waals surface area contributed by atoms with E-state index in [1.165, 1.54) is 25.7 Å². The second-order valence-electron chi connectivity index (χ2n) is 4.18. The molecular weight excluding hydrogens is 158 g/mol. The van der Waals surface area contributed by atoms with Crippen LogP contribution in [0.3, 0.4) is 0 Å². The fraction of sp³-hybridized carbons (Fsp3) is 1.00. The van der Waals surface area contributed by atoms with Crippen LogP contribution < -0.4 is 0 Å². The highest BCUT2D eigenvalue weighted by molar-refractivity contribution is 5.02. The van der Waals surface area contributed by atoms with E-state index in [1.54, 1.807) is 0 Å². The summed E-state index contributed by atoms with van der Waals surface area (Å²) >= 11 is 0. The van der Waals surface area contributed by atoms with Gasteiger partial charge in [-0.1, -0.05) is 27.2 Å². The lowest BCUT2D eigenvalue weighted by molar-refractivity contribution is 0.165. The highest BCUT2D eigenvalue weighted by Gasteiger charge is 2.45. The van der Waals surface area contributed by atoms with E-state index in [0.717, 1.165) is 0 Å². The van der Waals surface area contributed by atoms with Crippen LogP contribution in [0.25, 0.3) is 0 Å². The van der Waals surface area contributed by atoms with Crippen LogP contribution in [-0.2, 0) is 0 Å². The molecule has 0 aromatic rings. The number of hydrogen-bond acceptors (Lipinski definition) is 1. The van der Waals surface area contributed by atoms with Gasteiger partial charge in [0.05, 0.1) is 0 Å². The van der Waals surface area contributed by atoms with E-state index in [0.29, 0.717) is 11.6 Å². The van der Waals surface area contributed by atoms with Crippen LogP contribution in [0.4, 0.5) is 0 Å². The van der Waals surface area contributed by atoms with Gasteiger partial charge in [-0.3, -0.25) is 4.90 Å². The summed E-state index contributed by atoms with van der Waals surface area (Å²) in [7, 11) is 2.27. The van der Waals surface area contributed by atoms with Crippen LogP contribution in [0.2, 0.25) is 0 Å². The molecule has 0 heterocycles. The molecule has 1 aliphatic rings. The summed E-state index contributed by atoms with van der Waals surface area (Å²) in [5.74, 6) is 0. The quantitative estimate of drug-likeness (QED) is 0.645. The van der Waals surface area contributed by atoms with Crippen molar-refractivity contribution < 1.29 is 0 Å². The van der Waals surface area contributed by atoms with Crippen molar-refractivity contribution in [3.05, 3.63) is 0 Å². The second kappa shape index (κ2) is 5.64. The fourth-order valence-electron chi connectivity index (χ4n) is 1.94. The topological polar surface area (TPSA) is 3.24 Å². The first-order valence-electron chi connectivity index (χ1n) is 5.85. The first-order chi connectivity index (χ1) is 6.12. The zero-order valence-corrected chi connectivity index (χ0v) is 10.4. The zero-order chi connectivity index (χ0) is 10.5. The van der Waals surface area contributed by atoms with Crippen molar-refractivity contribution in [2.75, 3.05) is 7.05 Å². The number of hydrogen-bond donors (Lipinski definition) is 0. The maximum atomic E-state index is 2.55. The third-order valence-electron chi connectivity index (χ3n) is 3.07. The number of rotatable bonds is 4. The normalized spacial score (nSPS) is 18.5. The Balaban J connectivity index is 0.000000671. The Kier molecular flexibility index (Phi) is 5.62. The smallest absolute Gasteiger partial charge is 0.0210 e. The van der Waals surface area contributed by atoms with Gasteiger partial charge in [0.25, 0.3) is 0 Å². The maximum absolute atomic E-state index is 2.55. The van der Waals surface area contributed by atoms with E-state index in [9.17, 15) is 0 Å². The summed E-state index contributed by atoms with van der Waals surface area (Å²) < 4.78 is 0. The minimum absolute atomic E-state index is 0.614. The molecule has 0 bridgehead atoms. The molecule has 0 aromatic carbocycles. The zero-order valence-electron chi connectivity index (χ0n) is 10.4. The molecule has 0 aliphatic heterocycles. The molecule has 0 unspecified atom stereocenters. The van der Waals surface area contributed by atoms with Gasteiger partial charge in [0.15, 0.2) is 0 Å². The van der Waals surface area contributed by atoms with Crippen molar-refractivity contribution in [2.24, 2.45) is 0 Å². The van der Waals surface area contributed by atoms with Crippen LogP contribution >= 0.6 is 0 Å². The van der Waals surface area contributed by atoms with E-state index in [-0.39, 0.29) is 0 Å². The molecule has 0 saturated heterocycles. The lowest BCUT2D eigenvalue weighted by Gasteiger charge is -2.31. The number of nitrogens with zero attached hydrogens (tertiary/aromatic N) is 1. The molecule has 13 heavy (non-hydrogen) atoms. The van der Waals surface area contributed by atoms with Crippen LogP contribution in [-0.4, -0.2) is 23.5 Å². The standard InChI is InChI=1S/C10H21N.C2H6/c1-5-6-10(7-8-10)11(4)9(2)3;1-2/h9H,5-8H2,1-4H3;1-2H3. The molecule has 1 fully saturated rings. The molecule has 0 atom stereocenters. The lowest BCUT2D eigenvalue weighted by Crippen LogP contribution is -2.38. The molecule has 1 rings (SSSR count). The van der Waals surface area contributed by atoms with Gasteiger partial charge in [-0.15, -0.1) is 0 Å². The molecule has 0 radical (unpaired) electrons. The average molecular weight is 185 g/mol. The Hall–Kier alpha value is -0.0400. The van der Waals surface area contributed by atoms with Gasteiger partial charge in [-0.25, -0.2) is 0 Å². The predicted molar refractivity (Wildman–Crippen MR) is 61.1 cm³/mol. The van der Waals surface area contributed by atoms with Gasteiger partial charge >= 0.3 is 0 Å². The Morgan fingerprint density at radius 1 is 1.23 bits per heavy atom. The van der Waals surface area contributed by atoms with E-state index in [2.05, 4.69) is 32.7 Å². The van der Waals surface area contributed by atoms with Gasteiger partial charge in [-0.2, -0.15) is 0 Å². The Bertz CT molecular complexity index is 125. The van der Waals surface area contributed by atoms with Crippen molar-refractivity contribution in [2.45, 2.75) is 71.9 Å². The van der Waals surface area contributed by atoms with Crippen LogP contribution in [0.15, 0.2) is 0 Å². The summed E-state index contributed by atoms with van der Waals surface area (Å²) in [6.07, 6.45) is 5.57. The average Bonchev–Trinajstić information content (AvgIpc) is 2.89. The third kappa shape index (κ3) is 3.30. The first kappa shape index (κ1) is 13.0. The first-order valence-corrected chi connectivity index (χ1v) is 5.85. The minimum atomic E-state index is 0.614. The molecule has 1 nitrogen and oxygen atoms in total. The van der Waals surface area contributed by atoms with Gasteiger partial charge in [0, 0.05) is 11.6 Å². The van der Waals surface area contributed by atoms with Crippen molar-refractivity contribution >= 4 is 0 Å². The van der Waals surface area contributed by atoms with Gasteiger partial charge < -0.3 is 0 Å². The van der Waals surface area contributed by atoms with Crippen LogP contribution in [0.5, 0.6) is 0 Å². The molecule has 0 aromatic heterocycles. The summed E-state index contributed by atoms with van der Waals surface area (Å²) in [4.78, 5) is 2.55. The second-order valence-corrected chi connectivity index (χ2v) is 4.18. The molecule has 1 aliphatic carbocycles. The molecule has 0 spiro atoms. The van der Waals surface area contributed by atoms with E-state index in [4.69, 9.17) is 0 Å². The summed E-state index contributed by atoms with van der Waals surface area (Å²) in [6.45, 7) is 10.9. The maximum Gasteiger partial charge on any atom is 0.0210 e. The Morgan fingerprint density at radius 2 is 1.69 bits per heavy atom. The molecule has 0 amide bonds. The highest BCUT2D eigenvalue weighted by atomic mass is 15.2. The SMILES string of the molecule is CC.CCCC1(N(C)C(C)C)CC1. The highest BCUT2D eigenvalue weighted by Crippen LogP contribution is 2.45. The molecular formula is C12H27N. The summed E-state index contributed by atoms with van der Waals surface area (Å²) in [5, 5.41) is 0.